The molecule has 4 nitrogen and oxygen atoms in total. The topological polar surface area (TPSA) is 58.1 Å². The predicted molar refractivity (Wildman–Crippen MR) is 76.3 cm³/mol. The number of aromatic amines is 1. The Morgan fingerprint density at radius 1 is 1.30 bits per heavy atom. The van der Waals surface area contributed by atoms with Gasteiger partial charge in [0.2, 0.25) is 6.08 Å². The lowest BCUT2D eigenvalue weighted by Crippen LogP contribution is -2.18. The van der Waals surface area contributed by atoms with Crippen LogP contribution in [0.25, 0.3) is 11.0 Å². The van der Waals surface area contributed by atoms with Crippen LogP contribution in [0.3, 0.4) is 0 Å². The zero-order chi connectivity index (χ0) is 13.6. The Balaban J connectivity index is 1.80. The predicted octanol–water partition coefficient (Wildman–Crippen LogP) is 3.55. The number of isocyanates is 1. The average Bonchev–Trinajstić information content (AvgIpc) is 3.05. The molecule has 0 atom stereocenters. The van der Waals surface area contributed by atoms with E-state index in [1.807, 2.05) is 6.07 Å². The first kappa shape index (κ1) is 11.9. The highest BCUT2D eigenvalue weighted by Gasteiger charge is 2.36. The molecule has 2 fully saturated rings. The van der Waals surface area contributed by atoms with Crippen molar-refractivity contribution in [3.8, 4) is 0 Å². The number of aromatic nitrogens is 2. The van der Waals surface area contributed by atoms with Crippen molar-refractivity contribution in [2.75, 3.05) is 0 Å². The van der Waals surface area contributed by atoms with E-state index in [0.717, 1.165) is 48.1 Å². The summed E-state index contributed by atoms with van der Waals surface area (Å²) in [6.07, 6.45) is 8.40. The molecule has 0 amide bonds. The van der Waals surface area contributed by atoms with Crippen LogP contribution in [-0.2, 0) is 10.3 Å². The van der Waals surface area contributed by atoms with Gasteiger partial charge in [-0.3, -0.25) is 0 Å². The summed E-state index contributed by atoms with van der Waals surface area (Å²) in [5.41, 5.74) is 2.85. The van der Waals surface area contributed by atoms with E-state index in [2.05, 4.69) is 27.1 Å². The first-order chi connectivity index (χ1) is 9.81. The number of benzene rings is 1. The molecule has 1 aromatic carbocycles. The van der Waals surface area contributed by atoms with E-state index in [4.69, 9.17) is 0 Å². The molecule has 1 aromatic heterocycles. The van der Waals surface area contributed by atoms with Crippen molar-refractivity contribution in [1.82, 2.24) is 9.97 Å². The second-order valence-corrected chi connectivity index (χ2v) is 6.07. The van der Waals surface area contributed by atoms with Crippen molar-refractivity contribution in [3.63, 3.8) is 0 Å². The van der Waals surface area contributed by atoms with E-state index >= 15 is 0 Å². The summed E-state index contributed by atoms with van der Waals surface area (Å²) >= 11 is 0. The van der Waals surface area contributed by atoms with Crippen LogP contribution in [0.15, 0.2) is 23.2 Å². The highest BCUT2D eigenvalue weighted by molar-refractivity contribution is 5.76. The fourth-order valence-corrected chi connectivity index (χ4v) is 3.38. The van der Waals surface area contributed by atoms with Crippen LogP contribution < -0.4 is 0 Å². The van der Waals surface area contributed by atoms with Crippen molar-refractivity contribution >= 4 is 17.1 Å². The lowest BCUT2D eigenvalue weighted by molar-refractivity contribution is 0.456. The number of H-pyrrole nitrogens is 1. The lowest BCUT2D eigenvalue weighted by atomic mass is 9.89. The summed E-state index contributed by atoms with van der Waals surface area (Å²) in [6, 6.07) is 6.25. The standard InChI is InChI=1S/C16H17N3O/c20-10-17-16(7-1-2-8-16)12-5-6-13-14(9-12)19-15(18-13)11-3-4-11/h5-6,9,11H,1-4,7-8H2,(H,18,19). The van der Waals surface area contributed by atoms with E-state index in [-0.39, 0.29) is 5.54 Å². The van der Waals surface area contributed by atoms with Crippen LogP contribution in [-0.4, -0.2) is 16.0 Å². The molecule has 2 aliphatic carbocycles. The van der Waals surface area contributed by atoms with Gasteiger partial charge in [-0.05, 0) is 43.4 Å². The number of rotatable bonds is 3. The Morgan fingerprint density at radius 2 is 2.10 bits per heavy atom. The van der Waals surface area contributed by atoms with Gasteiger partial charge < -0.3 is 4.98 Å². The van der Waals surface area contributed by atoms with Crippen LogP contribution in [0, 0.1) is 0 Å². The maximum absolute atomic E-state index is 10.8. The molecule has 0 bridgehead atoms. The maximum Gasteiger partial charge on any atom is 0.235 e. The van der Waals surface area contributed by atoms with E-state index in [0.29, 0.717) is 5.92 Å². The molecule has 4 rings (SSSR count). The van der Waals surface area contributed by atoms with Crippen molar-refractivity contribution in [1.29, 1.82) is 0 Å². The molecule has 0 radical (unpaired) electrons. The Labute approximate surface area is 117 Å². The second kappa shape index (κ2) is 4.29. The third-order valence-corrected chi connectivity index (χ3v) is 4.69. The normalized spacial score (nSPS) is 21.0. The zero-order valence-corrected chi connectivity index (χ0v) is 11.4. The van der Waals surface area contributed by atoms with Gasteiger partial charge in [-0.1, -0.05) is 18.9 Å². The van der Waals surface area contributed by atoms with Gasteiger partial charge >= 0.3 is 0 Å². The summed E-state index contributed by atoms with van der Waals surface area (Å²) in [6.45, 7) is 0. The molecular weight excluding hydrogens is 250 g/mol. The average molecular weight is 267 g/mol. The minimum Gasteiger partial charge on any atom is -0.342 e. The van der Waals surface area contributed by atoms with Gasteiger partial charge in [0.25, 0.3) is 0 Å². The number of hydrogen-bond acceptors (Lipinski definition) is 3. The van der Waals surface area contributed by atoms with Crippen molar-refractivity contribution in [3.05, 3.63) is 29.6 Å². The largest absolute Gasteiger partial charge is 0.342 e. The SMILES string of the molecule is O=C=NC1(c2ccc3nc(C4CC4)[nH]c3c2)CCCC1. The molecule has 1 N–H and O–H groups in total. The molecule has 1 heterocycles. The fraction of sp³-hybridized carbons (Fsp3) is 0.500. The smallest absolute Gasteiger partial charge is 0.235 e. The van der Waals surface area contributed by atoms with Gasteiger partial charge in [-0.2, -0.15) is 4.99 Å². The van der Waals surface area contributed by atoms with Gasteiger partial charge in [-0.25, -0.2) is 9.78 Å². The molecule has 0 spiro atoms. The first-order valence-corrected chi connectivity index (χ1v) is 7.40. The highest BCUT2D eigenvalue weighted by atomic mass is 16.1. The molecule has 20 heavy (non-hydrogen) atoms. The van der Waals surface area contributed by atoms with E-state index in [1.54, 1.807) is 6.08 Å². The summed E-state index contributed by atoms with van der Waals surface area (Å²) in [4.78, 5) is 23.0. The van der Waals surface area contributed by atoms with Crippen LogP contribution in [0.5, 0.6) is 0 Å². The lowest BCUT2D eigenvalue weighted by Gasteiger charge is -2.22. The summed E-state index contributed by atoms with van der Waals surface area (Å²) in [5.74, 6) is 1.73. The minimum absolute atomic E-state index is 0.346. The Morgan fingerprint density at radius 3 is 2.80 bits per heavy atom. The fourth-order valence-electron chi connectivity index (χ4n) is 3.38. The van der Waals surface area contributed by atoms with E-state index in [9.17, 15) is 4.79 Å². The number of nitrogens with one attached hydrogen (secondary N) is 1. The van der Waals surface area contributed by atoms with Gasteiger partial charge in [0.15, 0.2) is 0 Å². The number of carbonyl (C=O) groups excluding carboxylic acids is 1. The second-order valence-electron chi connectivity index (χ2n) is 6.07. The summed E-state index contributed by atoms with van der Waals surface area (Å²) < 4.78 is 0. The molecule has 2 aliphatic rings. The van der Waals surface area contributed by atoms with Crippen molar-refractivity contribution in [2.45, 2.75) is 50.0 Å². The summed E-state index contributed by atoms with van der Waals surface area (Å²) in [7, 11) is 0. The number of fused-ring (bicyclic) bond motifs is 1. The van der Waals surface area contributed by atoms with Crippen LogP contribution >= 0.6 is 0 Å². The molecule has 2 saturated carbocycles. The number of imidazole rings is 1. The Bertz CT molecular complexity index is 702. The van der Waals surface area contributed by atoms with Gasteiger partial charge in [0, 0.05) is 5.92 Å². The maximum atomic E-state index is 10.8. The van der Waals surface area contributed by atoms with Crippen LogP contribution in [0.4, 0.5) is 0 Å². The molecule has 0 saturated heterocycles. The van der Waals surface area contributed by atoms with Gasteiger partial charge in [0.05, 0.1) is 16.6 Å². The Hall–Kier alpha value is -1.93. The third kappa shape index (κ3) is 1.80. The Kier molecular flexibility index (Phi) is 2.54. The molecular formula is C16H17N3O. The van der Waals surface area contributed by atoms with Crippen LogP contribution in [0.2, 0.25) is 0 Å². The molecule has 0 unspecified atom stereocenters. The molecule has 4 heteroatoms. The molecule has 0 aliphatic heterocycles. The minimum atomic E-state index is -0.346. The third-order valence-electron chi connectivity index (χ3n) is 4.69. The molecule has 2 aromatic rings. The monoisotopic (exact) mass is 267 g/mol. The number of aliphatic imine (C=N–C) groups is 1. The zero-order valence-electron chi connectivity index (χ0n) is 11.4. The van der Waals surface area contributed by atoms with Gasteiger partial charge in [-0.15, -0.1) is 0 Å². The first-order valence-electron chi connectivity index (χ1n) is 7.40. The van der Waals surface area contributed by atoms with E-state index in [1.165, 1.54) is 12.8 Å². The number of nitrogens with zero attached hydrogens (tertiary/aromatic N) is 2. The van der Waals surface area contributed by atoms with Gasteiger partial charge in [0.1, 0.15) is 5.82 Å². The van der Waals surface area contributed by atoms with Crippen molar-refractivity contribution < 1.29 is 4.79 Å². The van der Waals surface area contributed by atoms with E-state index < -0.39 is 0 Å². The number of hydrogen-bond donors (Lipinski definition) is 1. The van der Waals surface area contributed by atoms with Crippen molar-refractivity contribution in [2.24, 2.45) is 4.99 Å². The summed E-state index contributed by atoms with van der Waals surface area (Å²) in [5, 5.41) is 0. The highest BCUT2D eigenvalue weighted by Crippen LogP contribution is 2.43. The molecule has 102 valence electrons. The quantitative estimate of drug-likeness (QED) is 0.683. The van der Waals surface area contributed by atoms with Crippen LogP contribution in [0.1, 0.15) is 55.8 Å².